The maximum absolute atomic E-state index is 6.83. The van der Waals surface area contributed by atoms with Crippen molar-refractivity contribution in [1.82, 2.24) is 29.1 Å². The molecule has 0 saturated carbocycles. The molecule has 0 aliphatic heterocycles. The quantitative estimate of drug-likeness (QED) is 0.0856. The fourth-order valence-corrected chi connectivity index (χ4v) is 22.7. The highest BCUT2D eigenvalue weighted by Crippen LogP contribution is 2.52. The van der Waals surface area contributed by atoms with Gasteiger partial charge in [0, 0.05) is 81.5 Å². The van der Waals surface area contributed by atoms with Crippen LogP contribution in [0.15, 0.2) is 550 Å². The molecule has 0 aliphatic carbocycles. The van der Waals surface area contributed by atoms with Crippen LogP contribution in [-0.4, -0.2) is 29.1 Å². The van der Waals surface area contributed by atoms with Crippen LogP contribution >= 0.6 is 11.3 Å². The van der Waals surface area contributed by atoms with Crippen molar-refractivity contribution < 1.29 is 4.42 Å². The zero-order valence-electron chi connectivity index (χ0n) is 80.5. The van der Waals surface area contributed by atoms with Crippen LogP contribution in [0.4, 0.5) is 0 Å². The standard InChI is InChI=1S/C70H45N3O.C70H45N3S/c2*1-6-18-46(19-7-1)50-30-34-52(35-31-50)59-44-57(66-69-67(58-28-16-17-29-65(58)74-69)72-70(71-66)54-26-14-5-15-27-54)45-60(53-36-32-51(33-37-53)47-20-8-2-9-21-47)68(59)73-63-40-38-55(48-22-10-3-11-23-48)42-61(63)62-43-56(39-41-64(62)73)49-24-12-4-13-25-49/h2*1-45H. The van der Waals surface area contributed by atoms with E-state index in [1.165, 1.54) is 93.0 Å². The van der Waals surface area contributed by atoms with Gasteiger partial charge in [-0.25, -0.2) is 19.9 Å². The molecule has 0 N–H and O–H groups in total. The molecule has 0 saturated heterocycles. The topological polar surface area (TPSA) is 74.6 Å². The van der Waals surface area contributed by atoms with Gasteiger partial charge in [0.05, 0.1) is 49.4 Å². The van der Waals surface area contributed by atoms with E-state index in [0.717, 1.165) is 166 Å². The summed E-state index contributed by atoms with van der Waals surface area (Å²) >= 11 is 1.76. The van der Waals surface area contributed by atoms with Crippen molar-refractivity contribution in [3.63, 3.8) is 0 Å². The SMILES string of the molecule is c1ccc(-c2ccc(-c3cc(-c4nc(-c5ccccc5)nc5c4oc4ccccc45)cc(-c4ccc(-c5ccccc5)cc4)c3-n3c4ccc(-c5ccccc5)cc4c4cc(-c5ccccc5)ccc43)cc2)cc1.c1ccc(-c2ccc(-c3cc(-c4nc(-c5ccccc5)nc5c4sc4ccccc45)cc(-c4ccc(-c5ccccc5)cc4)c3-n3c4ccc(-c5ccccc5)cc4c4cc(-c5ccccc5)ccc43)cc2)cc1. The molecule has 0 bridgehead atoms. The van der Waals surface area contributed by atoms with Crippen molar-refractivity contribution in [2.45, 2.75) is 0 Å². The van der Waals surface area contributed by atoms with Crippen LogP contribution < -0.4 is 0 Å². The summed E-state index contributed by atoms with van der Waals surface area (Å²) in [6.45, 7) is 0. The minimum absolute atomic E-state index is 0.636. The summed E-state index contributed by atoms with van der Waals surface area (Å²) in [7, 11) is 0. The van der Waals surface area contributed by atoms with Gasteiger partial charge in [0.1, 0.15) is 16.8 Å². The van der Waals surface area contributed by atoms with Crippen LogP contribution in [0.1, 0.15) is 0 Å². The van der Waals surface area contributed by atoms with E-state index in [4.69, 9.17) is 24.4 Å². The number of hydrogen-bond acceptors (Lipinski definition) is 6. The van der Waals surface area contributed by atoms with Gasteiger partial charge in [-0.15, -0.1) is 11.3 Å². The van der Waals surface area contributed by atoms with Crippen LogP contribution in [0.3, 0.4) is 0 Å². The fourth-order valence-electron chi connectivity index (χ4n) is 21.6. The zero-order valence-corrected chi connectivity index (χ0v) is 81.3. The average molecular weight is 1900 g/mol. The van der Waals surface area contributed by atoms with Crippen molar-refractivity contribution in [3.8, 4) is 190 Å². The number of aromatic nitrogens is 6. The molecule has 0 radical (unpaired) electrons. The Balaban J connectivity index is 0.000000146. The lowest BCUT2D eigenvalue weighted by Crippen LogP contribution is -2.03. The van der Waals surface area contributed by atoms with Gasteiger partial charge < -0.3 is 13.6 Å². The molecule has 0 aliphatic rings. The van der Waals surface area contributed by atoms with Gasteiger partial charge in [-0.05, 0) is 202 Å². The predicted molar refractivity (Wildman–Crippen MR) is 620 cm³/mol. The lowest BCUT2D eigenvalue weighted by Gasteiger charge is -2.22. The Bertz CT molecular complexity index is 8880. The highest BCUT2D eigenvalue weighted by atomic mass is 32.1. The van der Waals surface area contributed by atoms with E-state index in [2.05, 4.69) is 513 Å². The second-order valence-corrected chi connectivity index (χ2v) is 38.8. The Morgan fingerprint density at radius 2 is 0.405 bits per heavy atom. The smallest absolute Gasteiger partial charge is 0.180 e. The van der Waals surface area contributed by atoms with Crippen LogP contribution in [0.25, 0.3) is 276 Å². The molecule has 0 unspecified atom stereocenters. The van der Waals surface area contributed by atoms with Crippen LogP contribution in [0, 0.1) is 0 Å². The molecule has 0 atom stereocenters. The molecular formula is C140H90N6OS. The average Bonchev–Trinajstić information content (AvgIpc) is 1.56. The summed E-state index contributed by atoms with van der Waals surface area (Å²) in [6, 6.07) is 196. The van der Waals surface area contributed by atoms with E-state index in [-0.39, 0.29) is 0 Å². The number of nitrogens with zero attached hydrogens (tertiary/aromatic N) is 6. The lowest BCUT2D eigenvalue weighted by molar-refractivity contribution is 0.667. The molecule has 6 aromatic heterocycles. The van der Waals surface area contributed by atoms with Crippen LogP contribution in [0.2, 0.25) is 0 Å². The Morgan fingerprint density at radius 3 is 0.723 bits per heavy atom. The summed E-state index contributed by atoms with van der Waals surface area (Å²) in [4.78, 5) is 21.6. The third-order valence-corrected chi connectivity index (χ3v) is 30.1. The highest BCUT2D eigenvalue weighted by molar-refractivity contribution is 7.26. The third-order valence-electron chi connectivity index (χ3n) is 28.9. The highest BCUT2D eigenvalue weighted by Gasteiger charge is 2.30. The molecule has 0 spiro atoms. The molecule has 0 amide bonds. The van der Waals surface area contributed by atoms with Crippen LogP contribution in [-0.2, 0) is 0 Å². The zero-order chi connectivity index (χ0) is 97.9. The first-order valence-corrected chi connectivity index (χ1v) is 51.1. The number of fused-ring (bicyclic) bond motifs is 12. The molecular weight excluding hydrogens is 1810 g/mol. The molecule has 28 rings (SSSR count). The number of rotatable bonds is 18. The molecule has 692 valence electrons. The summed E-state index contributed by atoms with van der Waals surface area (Å²) in [5, 5.41) is 6.80. The van der Waals surface area contributed by atoms with E-state index in [0.29, 0.717) is 17.2 Å². The fraction of sp³-hybridized carbons (Fsp3) is 0. The normalized spacial score (nSPS) is 11.5. The first kappa shape index (κ1) is 87.6. The molecule has 22 aromatic carbocycles. The van der Waals surface area contributed by atoms with Gasteiger partial charge in [-0.2, -0.15) is 0 Å². The summed E-state index contributed by atoms with van der Waals surface area (Å²) in [5.74, 6) is 1.34. The summed E-state index contributed by atoms with van der Waals surface area (Å²) < 4.78 is 14.1. The number of furan rings is 1. The van der Waals surface area contributed by atoms with E-state index < -0.39 is 0 Å². The maximum atomic E-state index is 6.83. The number of thiophene rings is 1. The van der Waals surface area contributed by atoms with Crippen LogP contribution in [0.5, 0.6) is 0 Å². The van der Waals surface area contributed by atoms with Gasteiger partial charge in [-0.1, -0.05) is 455 Å². The lowest BCUT2D eigenvalue weighted by atomic mass is 9.90. The monoisotopic (exact) mass is 1900 g/mol. The Hall–Kier alpha value is -19.4. The van der Waals surface area contributed by atoms with Gasteiger partial charge >= 0.3 is 0 Å². The molecule has 0 fully saturated rings. The molecule has 6 heterocycles. The van der Waals surface area contributed by atoms with Gasteiger partial charge in [0.15, 0.2) is 17.2 Å². The van der Waals surface area contributed by atoms with E-state index in [1.807, 2.05) is 42.5 Å². The Morgan fingerprint density at radius 1 is 0.169 bits per heavy atom. The number of benzene rings is 22. The summed E-state index contributed by atoms with van der Waals surface area (Å²) in [6.07, 6.45) is 0. The third kappa shape index (κ3) is 16.3. The minimum Gasteiger partial charge on any atom is -0.452 e. The van der Waals surface area contributed by atoms with Crippen molar-refractivity contribution in [2.24, 2.45) is 0 Å². The first-order chi connectivity index (χ1) is 73.4. The van der Waals surface area contributed by atoms with E-state index in [9.17, 15) is 0 Å². The van der Waals surface area contributed by atoms with Crippen molar-refractivity contribution >= 4 is 97.3 Å². The maximum Gasteiger partial charge on any atom is 0.180 e. The second kappa shape index (κ2) is 37.8. The number of para-hydroxylation sites is 1. The van der Waals surface area contributed by atoms with Gasteiger partial charge in [-0.3, -0.25) is 0 Å². The van der Waals surface area contributed by atoms with Gasteiger partial charge in [0.2, 0.25) is 0 Å². The molecule has 8 heteroatoms. The largest absolute Gasteiger partial charge is 0.452 e. The van der Waals surface area contributed by atoms with E-state index >= 15 is 0 Å². The molecule has 148 heavy (non-hydrogen) atoms. The molecule has 7 nitrogen and oxygen atoms in total. The Labute approximate surface area is 860 Å². The predicted octanol–water partition coefficient (Wildman–Crippen LogP) is 38.1. The van der Waals surface area contributed by atoms with Gasteiger partial charge in [0.25, 0.3) is 0 Å². The van der Waals surface area contributed by atoms with Crippen molar-refractivity contribution in [2.75, 3.05) is 0 Å². The first-order valence-electron chi connectivity index (χ1n) is 50.3. The minimum atomic E-state index is 0.636. The summed E-state index contributed by atoms with van der Waals surface area (Å²) in [5.41, 5.74) is 42.6. The van der Waals surface area contributed by atoms with Crippen molar-refractivity contribution in [3.05, 3.63) is 546 Å². The number of hydrogen-bond donors (Lipinski definition) is 0. The second-order valence-electron chi connectivity index (χ2n) is 37.8. The Kier molecular flexibility index (Phi) is 22.4. The van der Waals surface area contributed by atoms with E-state index in [1.54, 1.807) is 11.3 Å². The molecule has 28 aromatic rings. The van der Waals surface area contributed by atoms with Crippen molar-refractivity contribution in [1.29, 1.82) is 0 Å².